The van der Waals surface area contributed by atoms with E-state index in [-0.39, 0.29) is 24.1 Å². The molecule has 5 nitrogen and oxygen atoms in total. The molecule has 2 atom stereocenters. The Labute approximate surface area is 154 Å². The quantitative estimate of drug-likeness (QED) is 0.621. The lowest BCUT2D eigenvalue weighted by Gasteiger charge is -2.41. The van der Waals surface area contributed by atoms with Gasteiger partial charge in [0.15, 0.2) is 0 Å². The van der Waals surface area contributed by atoms with E-state index in [1.807, 2.05) is 18.2 Å². The molecule has 142 valence electrons. The van der Waals surface area contributed by atoms with E-state index in [1.54, 1.807) is 14.0 Å². The Balaban J connectivity index is 1.81. The van der Waals surface area contributed by atoms with Crippen LogP contribution in [-0.2, 0) is 20.7 Å². The number of hydrogen-bond acceptors (Lipinski definition) is 5. The van der Waals surface area contributed by atoms with Crippen LogP contribution in [0.5, 0.6) is 5.75 Å². The first-order valence-corrected chi connectivity index (χ1v) is 9.52. The maximum Gasteiger partial charge on any atom is 0.313 e. The number of ether oxygens (including phenoxy) is 2. The van der Waals surface area contributed by atoms with Gasteiger partial charge in [-0.15, -0.1) is 0 Å². The molecule has 5 heteroatoms. The standard InChI is InChI=1S/C21H28O5/c1-14(22)18-11-15(7-8-19(18)25-2)9-10-21(16-5-3-4-6-16)13-17(23)12-20(24)26-21/h7-8,11,14,16,22H,3-6,9-10,12-13H2,1-2H3. The van der Waals surface area contributed by atoms with E-state index in [4.69, 9.17) is 9.47 Å². The minimum atomic E-state index is -0.659. The highest BCUT2D eigenvalue weighted by Gasteiger charge is 2.47. The number of carbonyl (C=O) groups excluding carboxylic acids is 2. The second-order valence-corrected chi connectivity index (χ2v) is 7.66. The number of ketones is 1. The first kappa shape index (κ1) is 18.9. The fourth-order valence-corrected chi connectivity index (χ4v) is 4.50. The van der Waals surface area contributed by atoms with E-state index in [0.29, 0.717) is 25.0 Å². The van der Waals surface area contributed by atoms with Crippen molar-refractivity contribution < 1.29 is 24.2 Å². The monoisotopic (exact) mass is 360 g/mol. The highest BCUT2D eigenvalue weighted by atomic mass is 16.6. The van der Waals surface area contributed by atoms with E-state index in [2.05, 4.69) is 0 Å². The van der Waals surface area contributed by atoms with Gasteiger partial charge in [-0.05, 0) is 56.2 Å². The third-order valence-electron chi connectivity index (χ3n) is 5.84. The zero-order valence-corrected chi connectivity index (χ0v) is 15.6. The molecule has 26 heavy (non-hydrogen) atoms. The molecule has 0 spiro atoms. The van der Waals surface area contributed by atoms with Crippen LogP contribution < -0.4 is 4.74 Å². The number of aliphatic hydroxyl groups excluding tert-OH is 1. The van der Waals surface area contributed by atoms with Crippen molar-refractivity contribution in [1.82, 2.24) is 0 Å². The molecule has 1 saturated heterocycles. The Kier molecular flexibility index (Phi) is 5.66. The van der Waals surface area contributed by atoms with Crippen LogP contribution in [-0.4, -0.2) is 29.6 Å². The number of aliphatic hydroxyl groups is 1. The van der Waals surface area contributed by atoms with Gasteiger partial charge in [-0.2, -0.15) is 0 Å². The second kappa shape index (κ2) is 7.78. The van der Waals surface area contributed by atoms with Crippen LogP contribution in [0, 0.1) is 5.92 Å². The molecule has 2 unspecified atom stereocenters. The molecule has 0 bridgehead atoms. The van der Waals surface area contributed by atoms with Crippen LogP contribution >= 0.6 is 0 Å². The van der Waals surface area contributed by atoms with Crippen LogP contribution in [0.1, 0.15) is 69.1 Å². The maximum atomic E-state index is 12.1. The SMILES string of the molecule is COc1ccc(CCC2(C3CCCC3)CC(=O)CC(=O)O2)cc1C(C)O. The Morgan fingerprint density at radius 1 is 1.31 bits per heavy atom. The molecule has 0 amide bonds. The molecule has 0 aromatic heterocycles. The summed E-state index contributed by atoms with van der Waals surface area (Å²) in [5.41, 5.74) is 1.14. The normalized spacial score (nSPS) is 25.2. The summed E-state index contributed by atoms with van der Waals surface area (Å²) in [5.74, 6) is 0.541. The van der Waals surface area contributed by atoms with Gasteiger partial charge in [0.05, 0.1) is 13.2 Å². The lowest BCUT2D eigenvalue weighted by molar-refractivity contribution is -0.178. The molecule has 1 aliphatic heterocycles. The van der Waals surface area contributed by atoms with Crippen molar-refractivity contribution in [2.75, 3.05) is 7.11 Å². The highest BCUT2D eigenvalue weighted by Crippen LogP contribution is 2.44. The van der Waals surface area contributed by atoms with Gasteiger partial charge in [0, 0.05) is 12.0 Å². The summed E-state index contributed by atoms with van der Waals surface area (Å²) in [5, 5.41) is 9.98. The molecule has 1 aromatic rings. The van der Waals surface area contributed by atoms with Crippen molar-refractivity contribution >= 4 is 11.8 Å². The third-order valence-corrected chi connectivity index (χ3v) is 5.84. The van der Waals surface area contributed by atoms with Crippen molar-refractivity contribution in [3.8, 4) is 5.75 Å². The Morgan fingerprint density at radius 2 is 2.04 bits per heavy atom. The van der Waals surface area contributed by atoms with E-state index in [1.165, 1.54) is 0 Å². The first-order valence-electron chi connectivity index (χ1n) is 9.52. The number of cyclic esters (lactones) is 1. The minimum Gasteiger partial charge on any atom is -0.496 e. The van der Waals surface area contributed by atoms with Crippen LogP contribution in [0.4, 0.5) is 0 Å². The molecule has 1 saturated carbocycles. The average Bonchev–Trinajstić information content (AvgIpc) is 3.14. The van der Waals surface area contributed by atoms with Gasteiger partial charge in [0.1, 0.15) is 23.6 Å². The van der Waals surface area contributed by atoms with Gasteiger partial charge in [0.25, 0.3) is 0 Å². The maximum absolute atomic E-state index is 12.1. The number of hydrogen-bond donors (Lipinski definition) is 1. The summed E-state index contributed by atoms with van der Waals surface area (Å²) in [6, 6.07) is 5.77. The fraction of sp³-hybridized carbons (Fsp3) is 0.619. The van der Waals surface area contributed by atoms with Crippen LogP contribution in [0.25, 0.3) is 0 Å². The fourth-order valence-electron chi connectivity index (χ4n) is 4.50. The molecule has 1 aliphatic carbocycles. The smallest absolute Gasteiger partial charge is 0.313 e. The summed E-state index contributed by atoms with van der Waals surface area (Å²) in [6.45, 7) is 1.71. The van der Waals surface area contributed by atoms with E-state index in [0.717, 1.165) is 36.8 Å². The average molecular weight is 360 g/mol. The van der Waals surface area contributed by atoms with E-state index < -0.39 is 11.7 Å². The van der Waals surface area contributed by atoms with Gasteiger partial charge in [0.2, 0.25) is 0 Å². The third kappa shape index (κ3) is 3.93. The highest BCUT2D eigenvalue weighted by molar-refractivity contribution is 5.98. The molecule has 3 rings (SSSR count). The molecule has 1 aromatic carbocycles. The van der Waals surface area contributed by atoms with E-state index >= 15 is 0 Å². The number of aryl methyl sites for hydroxylation is 1. The Morgan fingerprint density at radius 3 is 2.65 bits per heavy atom. The molecule has 0 radical (unpaired) electrons. The van der Waals surface area contributed by atoms with Crippen molar-refractivity contribution in [3.63, 3.8) is 0 Å². The van der Waals surface area contributed by atoms with Crippen LogP contribution in [0.2, 0.25) is 0 Å². The number of carbonyl (C=O) groups is 2. The number of rotatable bonds is 6. The molecule has 2 aliphatic rings. The van der Waals surface area contributed by atoms with E-state index in [9.17, 15) is 14.7 Å². The summed E-state index contributed by atoms with van der Waals surface area (Å²) >= 11 is 0. The molecule has 2 fully saturated rings. The number of benzene rings is 1. The van der Waals surface area contributed by atoms with Gasteiger partial charge in [-0.3, -0.25) is 9.59 Å². The van der Waals surface area contributed by atoms with Crippen molar-refractivity contribution in [1.29, 1.82) is 0 Å². The second-order valence-electron chi connectivity index (χ2n) is 7.66. The van der Waals surface area contributed by atoms with Crippen molar-refractivity contribution in [2.45, 2.75) is 70.0 Å². The first-order chi connectivity index (χ1) is 12.4. The zero-order chi connectivity index (χ0) is 18.7. The number of methoxy groups -OCH3 is 1. The summed E-state index contributed by atoms with van der Waals surface area (Å²) < 4.78 is 11.2. The lowest BCUT2D eigenvalue weighted by atomic mass is 9.76. The van der Waals surface area contributed by atoms with Crippen molar-refractivity contribution in [2.24, 2.45) is 5.92 Å². The summed E-state index contributed by atoms with van der Waals surface area (Å²) in [7, 11) is 1.59. The largest absolute Gasteiger partial charge is 0.496 e. The van der Waals surface area contributed by atoms with Gasteiger partial charge >= 0.3 is 5.97 Å². The van der Waals surface area contributed by atoms with Crippen LogP contribution in [0.15, 0.2) is 18.2 Å². The predicted octanol–water partition coefficient (Wildman–Crippen LogP) is 3.52. The van der Waals surface area contributed by atoms with Gasteiger partial charge < -0.3 is 14.6 Å². The number of esters is 1. The molecular formula is C21H28O5. The zero-order valence-electron chi connectivity index (χ0n) is 15.6. The predicted molar refractivity (Wildman–Crippen MR) is 97.0 cm³/mol. The topological polar surface area (TPSA) is 72.8 Å². The summed E-state index contributed by atoms with van der Waals surface area (Å²) in [6.07, 6.45) is 5.25. The summed E-state index contributed by atoms with van der Waals surface area (Å²) in [4.78, 5) is 24.1. The van der Waals surface area contributed by atoms with Gasteiger partial charge in [-0.25, -0.2) is 0 Å². The minimum absolute atomic E-state index is 0.00690. The van der Waals surface area contributed by atoms with Crippen LogP contribution in [0.3, 0.4) is 0 Å². The lowest BCUT2D eigenvalue weighted by Crippen LogP contribution is -2.48. The molecular weight excluding hydrogens is 332 g/mol. The van der Waals surface area contributed by atoms with Gasteiger partial charge in [-0.1, -0.05) is 18.9 Å². The van der Waals surface area contributed by atoms with Crippen molar-refractivity contribution in [3.05, 3.63) is 29.3 Å². The Bertz CT molecular complexity index is 657. The number of Topliss-reactive ketones (excluding diaryl/α,β-unsaturated/α-hetero) is 1. The Hall–Kier alpha value is -1.88. The molecule has 1 N–H and O–H groups in total. The molecule has 1 heterocycles.